The maximum absolute atomic E-state index is 12.1. The second-order valence-corrected chi connectivity index (χ2v) is 5.36. The predicted octanol–water partition coefficient (Wildman–Crippen LogP) is 0.749. The largest absolute Gasteiger partial charge is 0.396 e. The van der Waals surface area contributed by atoms with Crippen LogP contribution in [0.1, 0.15) is 38.5 Å². The molecule has 4 nitrogen and oxygen atoms in total. The first kappa shape index (κ1) is 12.8. The van der Waals surface area contributed by atoms with E-state index in [0.717, 1.165) is 38.9 Å². The van der Waals surface area contributed by atoms with E-state index in [-0.39, 0.29) is 6.61 Å². The first-order valence-electron chi connectivity index (χ1n) is 6.91. The van der Waals surface area contributed by atoms with Crippen LogP contribution in [0.3, 0.4) is 0 Å². The van der Waals surface area contributed by atoms with Crippen molar-refractivity contribution in [2.24, 2.45) is 5.92 Å². The molecule has 2 aliphatic heterocycles. The lowest BCUT2D eigenvalue weighted by Crippen LogP contribution is -2.39. The first-order valence-corrected chi connectivity index (χ1v) is 6.91. The first-order chi connectivity index (χ1) is 8.29. The summed E-state index contributed by atoms with van der Waals surface area (Å²) in [6.45, 7) is 3.05. The minimum absolute atomic E-state index is 0.247. The molecule has 2 N–H and O–H groups in total. The van der Waals surface area contributed by atoms with Crippen LogP contribution in [0.4, 0.5) is 0 Å². The molecule has 2 unspecified atom stereocenters. The summed E-state index contributed by atoms with van der Waals surface area (Å²) in [4.78, 5) is 14.1. The number of amides is 1. The molecule has 2 fully saturated rings. The van der Waals surface area contributed by atoms with Gasteiger partial charge in [0.2, 0.25) is 5.91 Å². The van der Waals surface area contributed by atoms with Crippen molar-refractivity contribution in [3.8, 4) is 0 Å². The van der Waals surface area contributed by atoms with Gasteiger partial charge in [-0.2, -0.15) is 0 Å². The van der Waals surface area contributed by atoms with Crippen molar-refractivity contribution in [1.82, 2.24) is 10.2 Å². The van der Waals surface area contributed by atoms with Gasteiger partial charge in [0.05, 0.1) is 0 Å². The molecule has 0 saturated carbocycles. The molecule has 0 aromatic rings. The average molecular weight is 240 g/mol. The van der Waals surface area contributed by atoms with Gasteiger partial charge in [0.15, 0.2) is 0 Å². The molecule has 2 rings (SSSR count). The van der Waals surface area contributed by atoms with Crippen molar-refractivity contribution in [2.75, 3.05) is 26.2 Å². The molecule has 0 bridgehead atoms. The van der Waals surface area contributed by atoms with Gasteiger partial charge in [-0.25, -0.2) is 0 Å². The van der Waals surface area contributed by atoms with E-state index in [0.29, 0.717) is 24.3 Å². The number of carbonyl (C=O) groups is 1. The van der Waals surface area contributed by atoms with Gasteiger partial charge >= 0.3 is 0 Å². The molecule has 98 valence electrons. The Morgan fingerprint density at radius 2 is 2.24 bits per heavy atom. The number of rotatable bonds is 4. The van der Waals surface area contributed by atoms with E-state index >= 15 is 0 Å². The van der Waals surface area contributed by atoms with Gasteiger partial charge in [-0.15, -0.1) is 0 Å². The summed E-state index contributed by atoms with van der Waals surface area (Å²) in [5.74, 6) is 0.813. The third-order valence-electron chi connectivity index (χ3n) is 4.01. The van der Waals surface area contributed by atoms with Gasteiger partial charge in [-0.05, 0) is 38.1 Å². The van der Waals surface area contributed by atoms with Gasteiger partial charge < -0.3 is 15.3 Å². The number of nitrogens with one attached hydrogen (secondary N) is 1. The van der Waals surface area contributed by atoms with Crippen LogP contribution in [-0.4, -0.2) is 48.2 Å². The van der Waals surface area contributed by atoms with E-state index in [1.165, 1.54) is 12.8 Å². The highest BCUT2D eigenvalue weighted by atomic mass is 16.3. The summed E-state index contributed by atoms with van der Waals surface area (Å²) in [6, 6.07) is 0.396. The Morgan fingerprint density at radius 3 is 2.94 bits per heavy atom. The third kappa shape index (κ3) is 3.68. The number of carbonyl (C=O) groups excluding carboxylic acids is 1. The van der Waals surface area contributed by atoms with Crippen molar-refractivity contribution >= 4 is 5.91 Å². The van der Waals surface area contributed by atoms with E-state index in [1.54, 1.807) is 0 Å². The van der Waals surface area contributed by atoms with Crippen LogP contribution >= 0.6 is 0 Å². The molecular formula is C13H24N2O2. The molecule has 0 aromatic carbocycles. The molecule has 0 radical (unpaired) electrons. The van der Waals surface area contributed by atoms with Gasteiger partial charge in [-0.1, -0.05) is 6.42 Å². The van der Waals surface area contributed by atoms with Crippen LogP contribution in [0.2, 0.25) is 0 Å². The Kier molecular flexibility index (Phi) is 4.80. The number of hydrogen-bond donors (Lipinski definition) is 2. The maximum Gasteiger partial charge on any atom is 0.224 e. The van der Waals surface area contributed by atoms with Crippen LogP contribution in [0.15, 0.2) is 0 Å². The fourth-order valence-electron chi connectivity index (χ4n) is 2.92. The lowest BCUT2D eigenvalue weighted by Gasteiger charge is -2.25. The van der Waals surface area contributed by atoms with E-state index in [2.05, 4.69) is 5.32 Å². The Bertz CT molecular complexity index is 252. The number of aliphatic hydroxyl groups is 1. The van der Waals surface area contributed by atoms with Crippen LogP contribution in [0, 0.1) is 5.92 Å². The second kappa shape index (κ2) is 6.36. The standard InChI is InChI=1S/C13H24N2O2/c16-8-5-11-4-7-15(10-11)13(17)9-12-3-1-2-6-14-12/h11-12,14,16H,1-10H2. The second-order valence-electron chi connectivity index (χ2n) is 5.36. The number of nitrogens with zero attached hydrogens (tertiary/aromatic N) is 1. The van der Waals surface area contributed by atoms with Crippen LogP contribution in [0.5, 0.6) is 0 Å². The Balaban J connectivity index is 1.72. The van der Waals surface area contributed by atoms with E-state index in [9.17, 15) is 4.79 Å². The minimum atomic E-state index is 0.247. The summed E-state index contributed by atoms with van der Waals surface area (Å²) in [7, 11) is 0. The van der Waals surface area contributed by atoms with Crippen molar-refractivity contribution < 1.29 is 9.90 Å². The lowest BCUT2D eigenvalue weighted by molar-refractivity contribution is -0.131. The monoisotopic (exact) mass is 240 g/mol. The Morgan fingerprint density at radius 1 is 1.35 bits per heavy atom. The van der Waals surface area contributed by atoms with Crippen molar-refractivity contribution in [2.45, 2.75) is 44.6 Å². The molecule has 2 aliphatic rings. The smallest absolute Gasteiger partial charge is 0.224 e. The summed E-state index contributed by atoms with van der Waals surface area (Å²) >= 11 is 0. The lowest BCUT2D eigenvalue weighted by atomic mass is 10.0. The van der Waals surface area contributed by atoms with E-state index < -0.39 is 0 Å². The van der Waals surface area contributed by atoms with Gasteiger partial charge in [0.25, 0.3) is 0 Å². The van der Waals surface area contributed by atoms with Gasteiger partial charge in [0, 0.05) is 32.2 Å². The zero-order valence-electron chi connectivity index (χ0n) is 10.5. The molecule has 2 saturated heterocycles. The average Bonchev–Trinajstić information content (AvgIpc) is 2.79. The minimum Gasteiger partial charge on any atom is -0.396 e. The van der Waals surface area contributed by atoms with Gasteiger partial charge in [-0.3, -0.25) is 4.79 Å². The van der Waals surface area contributed by atoms with Crippen LogP contribution in [-0.2, 0) is 4.79 Å². The van der Waals surface area contributed by atoms with Crippen molar-refractivity contribution in [3.05, 3.63) is 0 Å². The molecule has 0 aromatic heterocycles. The quantitative estimate of drug-likeness (QED) is 0.762. The summed E-state index contributed by atoms with van der Waals surface area (Å²) in [6.07, 6.45) is 6.19. The third-order valence-corrected chi connectivity index (χ3v) is 4.01. The zero-order valence-corrected chi connectivity index (χ0v) is 10.5. The summed E-state index contributed by atoms with van der Waals surface area (Å²) in [5, 5.41) is 12.3. The highest BCUT2D eigenvalue weighted by Gasteiger charge is 2.27. The SMILES string of the molecule is O=C(CC1CCCCN1)N1CCC(CCO)C1. The molecule has 0 spiro atoms. The number of aliphatic hydroxyl groups excluding tert-OH is 1. The van der Waals surface area contributed by atoms with Crippen LogP contribution < -0.4 is 5.32 Å². The molecule has 4 heteroatoms. The fraction of sp³-hybridized carbons (Fsp3) is 0.923. The maximum atomic E-state index is 12.1. The molecule has 0 aliphatic carbocycles. The number of hydrogen-bond acceptors (Lipinski definition) is 3. The molecule has 2 heterocycles. The molecule has 17 heavy (non-hydrogen) atoms. The molecule has 1 amide bonds. The summed E-state index contributed by atoms with van der Waals surface area (Å²) in [5.41, 5.74) is 0. The van der Waals surface area contributed by atoms with E-state index in [1.807, 2.05) is 4.90 Å². The Labute approximate surface area is 103 Å². The topological polar surface area (TPSA) is 52.6 Å². The molecule has 2 atom stereocenters. The highest BCUT2D eigenvalue weighted by Crippen LogP contribution is 2.21. The van der Waals surface area contributed by atoms with Crippen LogP contribution in [0.25, 0.3) is 0 Å². The zero-order chi connectivity index (χ0) is 12.1. The Hall–Kier alpha value is -0.610. The van der Waals surface area contributed by atoms with Crippen molar-refractivity contribution in [3.63, 3.8) is 0 Å². The number of likely N-dealkylation sites (tertiary alicyclic amines) is 1. The normalized spacial score (nSPS) is 29.6. The summed E-state index contributed by atoms with van der Waals surface area (Å²) < 4.78 is 0. The number of piperidine rings is 1. The predicted molar refractivity (Wildman–Crippen MR) is 66.6 cm³/mol. The van der Waals surface area contributed by atoms with Crippen molar-refractivity contribution in [1.29, 1.82) is 0 Å². The highest BCUT2D eigenvalue weighted by molar-refractivity contribution is 5.77. The van der Waals surface area contributed by atoms with E-state index in [4.69, 9.17) is 5.11 Å². The fourth-order valence-corrected chi connectivity index (χ4v) is 2.92. The molecular weight excluding hydrogens is 216 g/mol. The van der Waals surface area contributed by atoms with Gasteiger partial charge in [0.1, 0.15) is 0 Å².